The van der Waals surface area contributed by atoms with Crippen LogP contribution < -0.4 is 4.90 Å². The number of nitrogens with zero attached hydrogens (tertiary/aromatic N) is 5. The van der Waals surface area contributed by atoms with Crippen LogP contribution in [0.1, 0.15) is 10.6 Å². The van der Waals surface area contributed by atoms with Crippen LogP contribution in [-0.2, 0) is 0 Å². The lowest BCUT2D eigenvalue weighted by Crippen LogP contribution is -2.49. The molecular formula is C15H14ClN5O2. The van der Waals surface area contributed by atoms with E-state index in [2.05, 4.69) is 15.1 Å². The van der Waals surface area contributed by atoms with Gasteiger partial charge in [-0.2, -0.15) is 0 Å². The molecule has 8 heteroatoms. The van der Waals surface area contributed by atoms with Crippen LogP contribution in [0.4, 0.5) is 5.95 Å². The number of rotatable bonds is 2. The molecule has 0 N–H and O–H groups in total. The van der Waals surface area contributed by atoms with Gasteiger partial charge in [-0.25, -0.2) is 0 Å². The Balaban J connectivity index is 1.51. The van der Waals surface area contributed by atoms with E-state index >= 15 is 0 Å². The molecular weight excluding hydrogens is 318 g/mol. The first-order valence-corrected chi connectivity index (χ1v) is 7.68. The highest BCUT2D eigenvalue weighted by molar-refractivity contribution is 6.30. The van der Waals surface area contributed by atoms with E-state index in [0.717, 1.165) is 11.6 Å². The lowest BCUT2D eigenvalue weighted by atomic mass is 10.3. The molecule has 0 unspecified atom stereocenters. The van der Waals surface area contributed by atoms with Gasteiger partial charge in [0.25, 0.3) is 5.91 Å². The molecule has 0 radical (unpaired) electrons. The Morgan fingerprint density at radius 2 is 1.96 bits per heavy atom. The zero-order valence-electron chi connectivity index (χ0n) is 12.2. The number of fused-ring (bicyclic) bond motifs is 1. The summed E-state index contributed by atoms with van der Waals surface area (Å²) in [6.45, 7) is 2.57. The van der Waals surface area contributed by atoms with Gasteiger partial charge in [0.05, 0.1) is 11.3 Å². The van der Waals surface area contributed by atoms with Crippen molar-refractivity contribution in [3.05, 3.63) is 47.5 Å². The van der Waals surface area contributed by atoms with Crippen molar-refractivity contribution in [1.82, 2.24) is 19.5 Å². The maximum absolute atomic E-state index is 12.3. The number of hydrogen-bond donors (Lipinski definition) is 0. The Morgan fingerprint density at radius 1 is 1.13 bits per heavy atom. The summed E-state index contributed by atoms with van der Waals surface area (Å²) in [5.41, 5.74) is 0.749. The number of carbonyl (C=O) groups excluding carboxylic acids is 1. The van der Waals surface area contributed by atoms with Crippen LogP contribution in [0.25, 0.3) is 5.65 Å². The zero-order chi connectivity index (χ0) is 15.8. The highest BCUT2D eigenvalue weighted by atomic mass is 35.5. The Bertz CT molecular complexity index is 837. The number of aromatic nitrogens is 3. The Labute approximate surface area is 137 Å². The summed E-state index contributed by atoms with van der Waals surface area (Å²) in [6.07, 6.45) is 3.31. The SMILES string of the molecule is O=C(c1ccco1)N1CCN(c2nnc3ccc(Cl)cn23)CC1. The Hall–Kier alpha value is -2.54. The minimum Gasteiger partial charge on any atom is -0.459 e. The van der Waals surface area contributed by atoms with Crippen LogP contribution >= 0.6 is 11.6 Å². The minimum absolute atomic E-state index is 0.0798. The van der Waals surface area contributed by atoms with Crippen LogP contribution in [0.3, 0.4) is 0 Å². The molecule has 1 fully saturated rings. The van der Waals surface area contributed by atoms with Gasteiger partial charge in [0, 0.05) is 32.4 Å². The molecule has 7 nitrogen and oxygen atoms in total. The summed E-state index contributed by atoms with van der Waals surface area (Å²) in [7, 11) is 0. The van der Waals surface area contributed by atoms with Gasteiger partial charge in [-0.1, -0.05) is 11.6 Å². The summed E-state index contributed by atoms with van der Waals surface area (Å²) >= 11 is 6.05. The van der Waals surface area contributed by atoms with Gasteiger partial charge >= 0.3 is 0 Å². The Morgan fingerprint density at radius 3 is 2.70 bits per heavy atom. The van der Waals surface area contributed by atoms with E-state index in [1.54, 1.807) is 29.3 Å². The maximum atomic E-state index is 12.3. The van der Waals surface area contributed by atoms with Gasteiger partial charge in [0.2, 0.25) is 5.95 Å². The second-order valence-electron chi connectivity index (χ2n) is 5.33. The summed E-state index contributed by atoms with van der Waals surface area (Å²) < 4.78 is 7.04. The largest absolute Gasteiger partial charge is 0.459 e. The first-order valence-electron chi connectivity index (χ1n) is 7.30. The first kappa shape index (κ1) is 14.1. The molecule has 0 atom stereocenters. The first-order chi connectivity index (χ1) is 11.2. The van der Waals surface area contributed by atoms with Gasteiger partial charge in [-0.15, -0.1) is 10.2 Å². The molecule has 4 heterocycles. The van der Waals surface area contributed by atoms with Crippen LogP contribution in [0.15, 0.2) is 41.1 Å². The molecule has 4 rings (SSSR count). The standard InChI is InChI=1S/C15H14ClN5O2/c16-11-3-4-13-17-18-15(21(13)10-11)20-7-5-19(6-8-20)14(22)12-2-1-9-23-12/h1-4,9-10H,5-8H2. The average Bonchev–Trinajstić information content (AvgIpc) is 3.24. The molecule has 23 heavy (non-hydrogen) atoms. The lowest BCUT2D eigenvalue weighted by Gasteiger charge is -2.34. The number of amides is 1. The molecule has 0 bridgehead atoms. The van der Waals surface area contributed by atoms with Gasteiger partial charge in [-0.05, 0) is 24.3 Å². The van der Waals surface area contributed by atoms with Crippen molar-refractivity contribution in [3.8, 4) is 0 Å². The second-order valence-corrected chi connectivity index (χ2v) is 5.77. The number of pyridine rings is 1. The summed E-state index contributed by atoms with van der Waals surface area (Å²) in [5.74, 6) is 1.04. The minimum atomic E-state index is -0.0798. The predicted molar refractivity (Wildman–Crippen MR) is 84.8 cm³/mol. The van der Waals surface area contributed by atoms with E-state index in [4.69, 9.17) is 16.0 Å². The molecule has 0 spiro atoms. The molecule has 1 saturated heterocycles. The van der Waals surface area contributed by atoms with Crippen LogP contribution in [0.5, 0.6) is 0 Å². The summed E-state index contributed by atoms with van der Waals surface area (Å²) in [5, 5.41) is 9.01. The van der Waals surface area contributed by atoms with Gasteiger partial charge in [0.1, 0.15) is 0 Å². The third-order valence-corrected chi connectivity index (χ3v) is 4.15. The molecule has 0 aromatic carbocycles. The van der Waals surface area contributed by atoms with Gasteiger partial charge < -0.3 is 14.2 Å². The lowest BCUT2D eigenvalue weighted by molar-refractivity contribution is 0.0714. The fraction of sp³-hybridized carbons (Fsp3) is 0.267. The predicted octanol–water partition coefficient (Wildman–Crippen LogP) is 1.94. The topological polar surface area (TPSA) is 66.9 Å². The van der Waals surface area contributed by atoms with E-state index in [0.29, 0.717) is 37.0 Å². The van der Waals surface area contributed by atoms with Crippen molar-refractivity contribution < 1.29 is 9.21 Å². The zero-order valence-corrected chi connectivity index (χ0v) is 13.0. The normalized spacial score (nSPS) is 15.3. The maximum Gasteiger partial charge on any atom is 0.289 e. The van der Waals surface area contributed by atoms with Gasteiger partial charge in [0.15, 0.2) is 11.4 Å². The fourth-order valence-corrected chi connectivity index (χ4v) is 2.89. The average molecular weight is 332 g/mol. The molecule has 3 aromatic rings. The quantitative estimate of drug-likeness (QED) is 0.718. The van der Waals surface area contributed by atoms with E-state index < -0.39 is 0 Å². The molecule has 1 amide bonds. The van der Waals surface area contributed by atoms with Crippen molar-refractivity contribution in [3.63, 3.8) is 0 Å². The molecule has 118 valence electrons. The summed E-state index contributed by atoms with van der Waals surface area (Å²) in [4.78, 5) is 16.2. The number of anilines is 1. The number of piperazine rings is 1. The van der Waals surface area contributed by atoms with E-state index in [-0.39, 0.29) is 5.91 Å². The third kappa shape index (κ3) is 2.53. The van der Waals surface area contributed by atoms with E-state index in [1.165, 1.54) is 6.26 Å². The van der Waals surface area contributed by atoms with Crippen molar-refractivity contribution >= 4 is 29.1 Å². The number of halogens is 1. The van der Waals surface area contributed by atoms with Crippen LogP contribution in [-0.4, -0.2) is 51.6 Å². The summed E-state index contributed by atoms with van der Waals surface area (Å²) in [6, 6.07) is 7.02. The second kappa shape index (κ2) is 5.58. The third-order valence-electron chi connectivity index (χ3n) is 3.93. The van der Waals surface area contributed by atoms with E-state index in [9.17, 15) is 4.79 Å². The van der Waals surface area contributed by atoms with Crippen molar-refractivity contribution in [2.75, 3.05) is 31.1 Å². The molecule has 3 aromatic heterocycles. The smallest absolute Gasteiger partial charge is 0.289 e. The highest BCUT2D eigenvalue weighted by Gasteiger charge is 2.25. The Kier molecular flexibility index (Phi) is 3.42. The van der Waals surface area contributed by atoms with Crippen LogP contribution in [0.2, 0.25) is 5.02 Å². The molecule has 1 aliphatic heterocycles. The van der Waals surface area contributed by atoms with Gasteiger partial charge in [-0.3, -0.25) is 9.20 Å². The number of carbonyl (C=O) groups is 1. The van der Waals surface area contributed by atoms with Crippen molar-refractivity contribution in [2.45, 2.75) is 0 Å². The molecule has 0 saturated carbocycles. The van der Waals surface area contributed by atoms with Crippen molar-refractivity contribution in [1.29, 1.82) is 0 Å². The van der Waals surface area contributed by atoms with Crippen LogP contribution in [0, 0.1) is 0 Å². The highest BCUT2D eigenvalue weighted by Crippen LogP contribution is 2.19. The fourth-order valence-electron chi connectivity index (χ4n) is 2.73. The van der Waals surface area contributed by atoms with Crippen molar-refractivity contribution in [2.24, 2.45) is 0 Å². The number of furan rings is 1. The molecule has 1 aliphatic rings. The molecule has 0 aliphatic carbocycles. The number of hydrogen-bond acceptors (Lipinski definition) is 5. The van der Waals surface area contributed by atoms with E-state index in [1.807, 2.05) is 10.5 Å². The monoisotopic (exact) mass is 331 g/mol.